The van der Waals surface area contributed by atoms with Crippen molar-refractivity contribution < 1.29 is 18.7 Å². The minimum absolute atomic E-state index is 0.0122. The first-order chi connectivity index (χ1) is 21.2. The molecule has 0 radical (unpaired) electrons. The lowest BCUT2D eigenvalue weighted by molar-refractivity contribution is -0.127. The second-order valence-electron chi connectivity index (χ2n) is 11.4. The zero-order chi connectivity index (χ0) is 30.9. The molecule has 2 aromatic carbocycles. The van der Waals surface area contributed by atoms with Gasteiger partial charge in [-0.3, -0.25) is 9.59 Å². The largest absolute Gasteiger partial charge is 0.482 e. The van der Waals surface area contributed by atoms with Crippen LogP contribution in [0.3, 0.4) is 0 Å². The van der Waals surface area contributed by atoms with Gasteiger partial charge in [0.1, 0.15) is 17.4 Å². The number of para-hydroxylation sites is 1. The zero-order valence-electron chi connectivity index (χ0n) is 24.0. The number of nitrogens with zero attached hydrogens (tertiary/aromatic N) is 5. The standard InChI is InChI=1S/C32H28ClFN6O4/c1-4-26(42)38-11-12-39(23-14-22(23)38)30-18-13-19(33)28-27-20(34)8-6-9-21(27)35-25(41)15-44-24-10-5-7-17(16(2)3)29(24)40(31(18)36-28)32(43)37-30/h4-10,13,16,22-23H,1,11-12,14-15H2,2-3H3,(H,35,41)/t22-,23+/m0/s1. The van der Waals surface area contributed by atoms with Crippen molar-refractivity contribution in [3.63, 3.8) is 0 Å². The summed E-state index contributed by atoms with van der Waals surface area (Å²) in [4.78, 5) is 52.8. The van der Waals surface area contributed by atoms with Crippen LogP contribution in [0.1, 0.15) is 31.7 Å². The van der Waals surface area contributed by atoms with E-state index in [-0.39, 0.29) is 58.1 Å². The van der Waals surface area contributed by atoms with Gasteiger partial charge in [-0.25, -0.2) is 18.7 Å². The number of carbonyl (C=O) groups is 2. The van der Waals surface area contributed by atoms with E-state index in [1.54, 1.807) is 29.2 Å². The number of piperazine rings is 1. The molecule has 12 heteroatoms. The van der Waals surface area contributed by atoms with Gasteiger partial charge < -0.3 is 19.9 Å². The quantitative estimate of drug-likeness (QED) is 0.334. The first-order valence-electron chi connectivity index (χ1n) is 14.4. The van der Waals surface area contributed by atoms with Crippen molar-refractivity contribution in [1.29, 1.82) is 0 Å². The summed E-state index contributed by atoms with van der Waals surface area (Å²) < 4.78 is 22.9. The van der Waals surface area contributed by atoms with Gasteiger partial charge >= 0.3 is 5.69 Å². The number of hydrogen-bond donors (Lipinski definition) is 1. The van der Waals surface area contributed by atoms with Gasteiger partial charge in [0.25, 0.3) is 5.91 Å². The maximum Gasteiger partial charge on any atom is 0.355 e. The Hall–Kier alpha value is -4.77. The van der Waals surface area contributed by atoms with Crippen molar-refractivity contribution in [1.82, 2.24) is 19.4 Å². The summed E-state index contributed by atoms with van der Waals surface area (Å²) in [5, 5.41) is 3.32. The molecule has 2 amide bonds. The Morgan fingerprint density at radius 1 is 1.16 bits per heavy atom. The first kappa shape index (κ1) is 28.0. The highest BCUT2D eigenvalue weighted by Gasteiger charge is 2.51. The van der Waals surface area contributed by atoms with Gasteiger partial charge in [0.2, 0.25) is 5.91 Å². The molecular formula is C32H28ClFN6O4. The summed E-state index contributed by atoms with van der Waals surface area (Å²) >= 11 is 6.86. The Kier molecular flexibility index (Phi) is 6.65. The van der Waals surface area contributed by atoms with Crippen molar-refractivity contribution in [3.8, 4) is 22.7 Å². The van der Waals surface area contributed by atoms with E-state index >= 15 is 4.39 Å². The molecule has 4 heterocycles. The van der Waals surface area contributed by atoms with E-state index < -0.39 is 17.4 Å². The highest BCUT2D eigenvalue weighted by atomic mass is 35.5. The van der Waals surface area contributed by atoms with Crippen molar-refractivity contribution in [2.75, 3.05) is 29.9 Å². The number of nitrogens with one attached hydrogen (secondary N) is 1. The molecule has 2 fully saturated rings. The first-order valence-corrected chi connectivity index (χ1v) is 14.7. The van der Waals surface area contributed by atoms with Crippen LogP contribution >= 0.6 is 11.6 Å². The van der Waals surface area contributed by atoms with Crippen molar-refractivity contribution >= 4 is 46.0 Å². The fourth-order valence-electron chi connectivity index (χ4n) is 6.30. The molecule has 7 rings (SSSR count). The van der Waals surface area contributed by atoms with Crippen LogP contribution in [0.2, 0.25) is 5.02 Å². The summed E-state index contributed by atoms with van der Waals surface area (Å²) in [5.41, 5.74) is 0.960. The van der Waals surface area contributed by atoms with Crippen LogP contribution in [0, 0.1) is 5.82 Å². The molecule has 1 saturated heterocycles. The van der Waals surface area contributed by atoms with Crippen LogP contribution in [-0.4, -0.2) is 63.0 Å². The molecular weight excluding hydrogens is 587 g/mol. The zero-order valence-corrected chi connectivity index (χ0v) is 24.8. The molecule has 0 unspecified atom stereocenters. The highest BCUT2D eigenvalue weighted by Crippen LogP contribution is 2.43. The number of fused-ring (bicyclic) bond motifs is 6. The number of halogens is 2. The van der Waals surface area contributed by atoms with E-state index in [0.29, 0.717) is 35.7 Å². The minimum atomic E-state index is -0.648. The van der Waals surface area contributed by atoms with Gasteiger partial charge in [0, 0.05) is 13.1 Å². The molecule has 224 valence electrons. The van der Waals surface area contributed by atoms with Gasteiger partial charge in [-0.2, -0.15) is 4.98 Å². The average molecular weight is 615 g/mol. The molecule has 1 saturated carbocycles. The number of hydrogen-bond acceptors (Lipinski definition) is 7. The van der Waals surface area contributed by atoms with Crippen LogP contribution in [0.5, 0.6) is 5.75 Å². The van der Waals surface area contributed by atoms with Gasteiger partial charge in [0.15, 0.2) is 12.3 Å². The molecule has 1 aliphatic carbocycles. The van der Waals surface area contributed by atoms with Crippen LogP contribution in [0.25, 0.3) is 28.0 Å². The van der Waals surface area contributed by atoms with Crippen LogP contribution in [0.4, 0.5) is 15.9 Å². The Labute approximate surface area is 256 Å². The third-order valence-electron chi connectivity index (χ3n) is 8.40. The molecule has 0 spiro atoms. The lowest BCUT2D eigenvalue weighted by Gasteiger charge is -2.35. The molecule has 1 N–H and O–H groups in total. The Morgan fingerprint density at radius 2 is 1.95 bits per heavy atom. The fourth-order valence-corrected chi connectivity index (χ4v) is 6.55. The number of anilines is 2. The maximum absolute atomic E-state index is 15.5. The summed E-state index contributed by atoms with van der Waals surface area (Å²) in [6.07, 6.45) is 2.03. The Bertz CT molecular complexity index is 1960. The molecule has 4 aromatic rings. The van der Waals surface area contributed by atoms with Gasteiger partial charge in [-0.1, -0.05) is 50.2 Å². The summed E-state index contributed by atoms with van der Waals surface area (Å²) in [6, 6.07) is 11.2. The lowest BCUT2D eigenvalue weighted by atomic mass is 10.00. The smallest absolute Gasteiger partial charge is 0.355 e. The third kappa shape index (κ3) is 4.41. The number of benzene rings is 2. The van der Waals surface area contributed by atoms with E-state index in [1.165, 1.54) is 22.8 Å². The fraction of sp³-hybridized carbons (Fsp3) is 0.281. The van der Waals surface area contributed by atoms with Crippen LogP contribution in [0.15, 0.2) is 59.9 Å². The van der Waals surface area contributed by atoms with E-state index in [0.717, 1.165) is 12.0 Å². The minimum Gasteiger partial charge on any atom is -0.482 e. The highest BCUT2D eigenvalue weighted by molar-refractivity contribution is 6.34. The predicted octanol–water partition coefficient (Wildman–Crippen LogP) is 4.67. The predicted molar refractivity (Wildman–Crippen MR) is 165 cm³/mol. The molecule has 10 nitrogen and oxygen atoms in total. The molecule has 2 atom stereocenters. The number of amides is 2. The number of aromatic nitrogens is 3. The normalized spacial score (nSPS) is 18.9. The third-order valence-corrected chi connectivity index (χ3v) is 8.68. The molecule has 2 aromatic heterocycles. The lowest BCUT2D eigenvalue weighted by Crippen LogP contribution is -2.49. The number of ether oxygens (including phenoxy) is 1. The number of carbonyl (C=O) groups excluding carboxylic acids is 2. The van der Waals surface area contributed by atoms with Crippen molar-refractivity contribution in [2.24, 2.45) is 0 Å². The van der Waals surface area contributed by atoms with Gasteiger partial charge in [-0.05, 0) is 48.2 Å². The van der Waals surface area contributed by atoms with E-state index in [2.05, 4.69) is 16.9 Å². The van der Waals surface area contributed by atoms with E-state index in [9.17, 15) is 14.4 Å². The Morgan fingerprint density at radius 3 is 2.73 bits per heavy atom. The van der Waals surface area contributed by atoms with E-state index in [4.69, 9.17) is 21.3 Å². The number of pyridine rings is 1. The topological polar surface area (TPSA) is 110 Å². The SMILES string of the molecule is C=CC(=O)N1CCN(c2nc(=O)n3c4nc(c(Cl)cc24)-c2c(F)cccc2NC(=O)COc2cccc(C(C)C)c2-3)[C@@H]2C[C@@H]21. The summed E-state index contributed by atoms with van der Waals surface area (Å²) in [6.45, 7) is 8.05. The van der Waals surface area contributed by atoms with Crippen molar-refractivity contribution in [3.05, 3.63) is 82.0 Å². The maximum atomic E-state index is 15.5. The summed E-state index contributed by atoms with van der Waals surface area (Å²) in [7, 11) is 0. The van der Waals surface area contributed by atoms with Crippen LogP contribution < -0.4 is 20.6 Å². The molecule has 2 aliphatic heterocycles. The van der Waals surface area contributed by atoms with E-state index in [1.807, 2.05) is 24.8 Å². The Balaban J connectivity index is 1.54. The van der Waals surface area contributed by atoms with Gasteiger partial charge in [0.05, 0.1) is 45.1 Å². The second kappa shape index (κ2) is 10.4. The second-order valence-corrected chi connectivity index (χ2v) is 11.8. The van der Waals surface area contributed by atoms with Gasteiger partial charge in [-0.15, -0.1) is 0 Å². The molecule has 3 aliphatic rings. The monoisotopic (exact) mass is 614 g/mol. The van der Waals surface area contributed by atoms with Crippen molar-refractivity contribution in [2.45, 2.75) is 38.3 Å². The number of rotatable bonds is 3. The molecule has 2 bridgehead atoms. The molecule has 44 heavy (non-hydrogen) atoms. The van der Waals surface area contributed by atoms with Crippen LogP contribution in [-0.2, 0) is 9.59 Å². The summed E-state index contributed by atoms with van der Waals surface area (Å²) in [5.74, 6) is -0.675. The average Bonchev–Trinajstić information content (AvgIpc) is 3.80.